The molecule has 0 atom stereocenters. The highest BCUT2D eigenvalue weighted by atomic mass is 35.5. The van der Waals surface area contributed by atoms with Crippen molar-refractivity contribution in [2.45, 2.75) is 20.0 Å². The van der Waals surface area contributed by atoms with Crippen LogP contribution in [0, 0.1) is 11.3 Å². The zero-order chi connectivity index (χ0) is 27.4. The van der Waals surface area contributed by atoms with Crippen molar-refractivity contribution >= 4 is 29.7 Å². The minimum absolute atomic E-state index is 0.164. The first-order chi connectivity index (χ1) is 18.9. The second-order valence-corrected chi connectivity index (χ2v) is 9.37. The summed E-state index contributed by atoms with van der Waals surface area (Å²) in [4.78, 5) is 17.1. The van der Waals surface area contributed by atoms with Crippen LogP contribution >= 0.6 is 11.6 Å². The Labute approximate surface area is 230 Å². The molecule has 0 aliphatic rings. The summed E-state index contributed by atoms with van der Waals surface area (Å²) in [5.74, 6) is 1.06. The molecule has 0 amide bonds. The highest BCUT2D eigenvalue weighted by Crippen LogP contribution is 2.42. The van der Waals surface area contributed by atoms with Crippen LogP contribution in [0.5, 0.6) is 0 Å². The van der Waals surface area contributed by atoms with Gasteiger partial charge in [0.25, 0.3) is 0 Å². The Morgan fingerprint density at radius 1 is 0.949 bits per heavy atom. The minimum Gasteiger partial charge on any atom is -0.459 e. The molecule has 3 aromatic carbocycles. The quantitative estimate of drug-likeness (QED) is 0.154. The molecule has 0 radical (unpaired) electrons. The average Bonchev–Trinajstić information content (AvgIpc) is 3.57. The monoisotopic (exact) mass is 534 g/mol. The van der Waals surface area contributed by atoms with Gasteiger partial charge in [0.05, 0.1) is 17.9 Å². The summed E-state index contributed by atoms with van der Waals surface area (Å²) >= 11 is 6.21. The van der Waals surface area contributed by atoms with Crippen LogP contribution < -0.4 is 0 Å². The van der Waals surface area contributed by atoms with Gasteiger partial charge in [0.2, 0.25) is 5.88 Å². The standard InChI is InChI=1S/C32H23ClN2O4/c1-20(2)37-32(36)25-15-13-23(33)17-26(25)28-16-14-24(38-28)19-35-31-27(18-34)29(21-9-5-3-6-10-21)30(39-31)22-11-7-4-8-12-22/h3-17,19-20H,1-2H3. The van der Waals surface area contributed by atoms with E-state index < -0.39 is 5.97 Å². The molecule has 6 nitrogen and oxygen atoms in total. The number of carbonyl (C=O) groups is 1. The number of aliphatic imine (C=N–C) groups is 1. The highest BCUT2D eigenvalue weighted by molar-refractivity contribution is 6.31. The lowest BCUT2D eigenvalue weighted by Gasteiger charge is -2.11. The largest absolute Gasteiger partial charge is 0.459 e. The van der Waals surface area contributed by atoms with Crippen LogP contribution in [0.25, 0.3) is 33.8 Å². The van der Waals surface area contributed by atoms with Crippen molar-refractivity contribution in [3.63, 3.8) is 0 Å². The molecule has 2 aromatic heterocycles. The van der Waals surface area contributed by atoms with E-state index in [1.807, 2.05) is 60.7 Å². The molecule has 0 saturated carbocycles. The van der Waals surface area contributed by atoms with Crippen LogP contribution in [-0.2, 0) is 4.74 Å². The summed E-state index contributed by atoms with van der Waals surface area (Å²) in [5.41, 5.74) is 3.50. The summed E-state index contributed by atoms with van der Waals surface area (Å²) < 4.78 is 17.5. The van der Waals surface area contributed by atoms with Gasteiger partial charge in [-0.05, 0) is 49.7 Å². The lowest BCUT2D eigenvalue weighted by Crippen LogP contribution is -2.12. The number of benzene rings is 3. The first-order valence-corrected chi connectivity index (χ1v) is 12.6. The van der Waals surface area contributed by atoms with Crippen LogP contribution in [0.3, 0.4) is 0 Å². The number of hydrogen-bond acceptors (Lipinski definition) is 6. The first-order valence-electron chi connectivity index (χ1n) is 12.3. The molecule has 0 saturated heterocycles. The molecule has 7 heteroatoms. The van der Waals surface area contributed by atoms with Gasteiger partial charge >= 0.3 is 5.97 Å². The summed E-state index contributed by atoms with van der Waals surface area (Å²) in [6.45, 7) is 3.57. The molecule has 0 spiro atoms. The van der Waals surface area contributed by atoms with E-state index in [-0.39, 0.29) is 12.0 Å². The fourth-order valence-electron chi connectivity index (χ4n) is 4.15. The van der Waals surface area contributed by atoms with E-state index in [4.69, 9.17) is 25.2 Å². The van der Waals surface area contributed by atoms with Gasteiger partial charge in [0, 0.05) is 21.7 Å². The van der Waals surface area contributed by atoms with Crippen molar-refractivity contribution in [2.75, 3.05) is 0 Å². The van der Waals surface area contributed by atoms with Gasteiger partial charge in [-0.15, -0.1) is 0 Å². The maximum absolute atomic E-state index is 12.6. The lowest BCUT2D eigenvalue weighted by atomic mass is 9.98. The Bertz CT molecular complexity index is 1690. The molecular weight excluding hydrogens is 512 g/mol. The average molecular weight is 535 g/mol. The number of rotatable bonds is 7. The second-order valence-electron chi connectivity index (χ2n) is 8.93. The van der Waals surface area contributed by atoms with E-state index >= 15 is 0 Å². The van der Waals surface area contributed by atoms with Gasteiger partial charge in [-0.1, -0.05) is 72.3 Å². The predicted molar refractivity (Wildman–Crippen MR) is 151 cm³/mol. The Hall–Kier alpha value is -4.86. The number of nitriles is 1. The number of esters is 1. The molecule has 39 heavy (non-hydrogen) atoms. The van der Waals surface area contributed by atoms with E-state index in [1.165, 1.54) is 6.21 Å². The van der Waals surface area contributed by atoms with E-state index in [2.05, 4.69) is 11.1 Å². The molecule has 0 N–H and O–H groups in total. The van der Waals surface area contributed by atoms with Crippen LogP contribution in [-0.4, -0.2) is 18.3 Å². The van der Waals surface area contributed by atoms with E-state index in [0.717, 1.165) is 11.1 Å². The minimum atomic E-state index is -0.473. The van der Waals surface area contributed by atoms with Gasteiger partial charge in [-0.3, -0.25) is 0 Å². The molecule has 0 aliphatic heterocycles. The topological polar surface area (TPSA) is 88.7 Å². The molecule has 5 rings (SSSR count). The summed E-state index contributed by atoms with van der Waals surface area (Å²) in [6.07, 6.45) is 1.20. The van der Waals surface area contributed by atoms with Gasteiger partial charge in [0.1, 0.15) is 28.9 Å². The SMILES string of the molecule is CC(C)OC(=O)c1ccc(Cl)cc1-c1ccc(C=Nc2oc(-c3ccccc3)c(-c3ccccc3)c2C#N)o1. The normalized spacial score (nSPS) is 11.2. The smallest absolute Gasteiger partial charge is 0.339 e. The fourth-order valence-corrected chi connectivity index (χ4v) is 4.32. The molecule has 192 valence electrons. The first kappa shape index (κ1) is 25.8. The van der Waals surface area contributed by atoms with E-state index in [0.29, 0.717) is 44.6 Å². The summed E-state index contributed by atoms with van der Waals surface area (Å²) in [6, 6.07) is 29.7. The number of halogens is 1. The molecule has 0 bridgehead atoms. The van der Waals surface area contributed by atoms with Crippen molar-refractivity contribution in [1.29, 1.82) is 5.26 Å². The Morgan fingerprint density at radius 2 is 1.64 bits per heavy atom. The maximum Gasteiger partial charge on any atom is 0.339 e. The van der Waals surface area contributed by atoms with Crippen molar-refractivity contribution in [3.05, 3.63) is 113 Å². The lowest BCUT2D eigenvalue weighted by molar-refractivity contribution is 0.0378. The molecule has 0 fully saturated rings. The van der Waals surface area contributed by atoms with Crippen molar-refractivity contribution in [2.24, 2.45) is 4.99 Å². The molecule has 0 aliphatic carbocycles. The van der Waals surface area contributed by atoms with Crippen molar-refractivity contribution in [3.8, 4) is 39.8 Å². The zero-order valence-corrected chi connectivity index (χ0v) is 22.0. The van der Waals surface area contributed by atoms with E-state index in [1.54, 1.807) is 44.2 Å². The molecule has 0 unspecified atom stereocenters. The molecule has 2 heterocycles. The molecular formula is C32H23ClN2O4. The van der Waals surface area contributed by atoms with Crippen LogP contribution in [0.4, 0.5) is 5.88 Å². The number of nitrogens with zero attached hydrogens (tertiary/aromatic N) is 2. The third kappa shape index (κ3) is 5.54. The highest BCUT2D eigenvalue weighted by Gasteiger charge is 2.23. The fraction of sp³-hybridized carbons (Fsp3) is 0.0938. The summed E-state index contributed by atoms with van der Waals surface area (Å²) in [5, 5.41) is 10.5. The van der Waals surface area contributed by atoms with Crippen LogP contribution in [0.1, 0.15) is 35.5 Å². The Morgan fingerprint density at radius 3 is 2.31 bits per heavy atom. The van der Waals surface area contributed by atoms with Crippen molar-refractivity contribution < 1.29 is 18.4 Å². The Balaban J connectivity index is 1.53. The second kappa shape index (κ2) is 11.3. The van der Waals surface area contributed by atoms with Gasteiger partial charge < -0.3 is 13.6 Å². The van der Waals surface area contributed by atoms with E-state index in [9.17, 15) is 10.1 Å². The summed E-state index contributed by atoms with van der Waals surface area (Å²) in [7, 11) is 0. The van der Waals surface area contributed by atoms with Gasteiger partial charge in [-0.2, -0.15) is 5.26 Å². The molecule has 5 aromatic rings. The number of ether oxygens (including phenoxy) is 1. The van der Waals surface area contributed by atoms with Gasteiger partial charge in [0.15, 0.2) is 0 Å². The predicted octanol–water partition coefficient (Wildman–Crippen LogP) is 8.71. The maximum atomic E-state index is 12.6. The van der Waals surface area contributed by atoms with Crippen LogP contribution in [0.15, 0.2) is 105 Å². The third-order valence-corrected chi connectivity index (χ3v) is 6.08. The number of furan rings is 2. The third-order valence-electron chi connectivity index (χ3n) is 5.85. The van der Waals surface area contributed by atoms with Crippen molar-refractivity contribution in [1.82, 2.24) is 0 Å². The number of hydrogen-bond donors (Lipinski definition) is 0. The number of carbonyl (C=O) groups excluding carboxylic acids is 1. The van der Waals surface area contributed by atoms with Crippen LogP contribution in [0.2, 0.25) is 5.02 Å². The zero-order valence-electron chi connectivity index (χ0n) is 21.2. The van der Waals surface area contributed by atoms with Gasteiger partial charge in [-0.25, -0.2) is 9.79 Å². The Kier molecular flexibility index (Phi) is 7.44.